The molecule has 1 aromatic rings. The van der Waals surface area contributed by atoms with E-state index < -0.39 is 0 Å². The van der Waals surface area contributed by atoms with Gasteiger partial charge in [0, 0.05) is 6.42 Å². The molecule has 0 spiro atoms. The van der Waals surface area contributed by atoms with Crippen molar-refractivity contribution in [3.05, 3.63) is 34.9 Å². The Morgan fingerprint density at radius 3 is 2.93 bits per heavy atom. The van der Waals surface area contributed by atoms with Crippen LogP contribution >= 0.6 is 0 Å². The van der Waals surface area contributed by atoms with E-state index in [1.807, 2.05) is 0 Å². The van der Waals surface area contributed by atoms with E-state index in [0.717, 1.165) is 19.3 Å². The van der Waals surface area contributed by atoms with Crippen molar-refractivity contribution in [2.24, 2.45) is 0 Å². The van der Waals surface area contributed by atoms with Crippen molar-refractivity contribution in [1.82, 2.24) is 0 Å². The molecule has 1 N–H and O–H groups in total. The highest BCUT2D eigenvalue weighted by atomic mass is 16.3. The number of aliphatic hydroxyl groups is 1. The largest absolute Gasteiger partial charge is 0.390 e. The summed E-state index contributed by atoms with van der Waals surface area (Å²) in [6.07, 6.45) is 5.36. The van der Waals surface area contributed by atoms with E-state index in [1.165, 1.54) is 29.5 Å². The van der Waals surface area contributed by atoms with Crippen LogP contribution in [0.4, 0.5) is 0 Å². The lowest BCUT2D eigenvalue weighted by Crippen LogP contribution is -2.10. The van der Waals surface area contributed by atoms with Gasteiger partial charge in [-0.15, -0.1) is 0 Å². The average Bonchev–Trinajstić information content (AvgIpc) is 2.82. The van der Waals surface area contributed by atoms with E-state index in [1.54, 1.807) is 0 Å². The van der Waals surface area contributed by atoms with Gasteiger partial charge in [0.1, 0.15) is 0 Å². The van der Waals surface area contributed by atoms with E-state index in [4.69, 9.17) is 0 Å². The van der Waals surface area contributed by atoms with Crippen LogP contribution < -0.4 is 0 Å². The van der Waals surface area contributed by atoms with E-state index in [9.17, 15) is 5.11 Å². The molecular formula is C14H18O. The Hall–Kier alpha value is -0.820. The van der Waals surface area contributed by atoms with Gasteiger partial charge in [-0.2, -0.15) is 0 Å². The maximum absolute atomic E-state index is 9.90. The second-order valence-electron chi connectivity index (χ2n) is 5.37. The number of fused-ring (bicyclic) bond motifs is 1. The molecule has 15 heavy (non-hydrogen) atoms. The minimum Gasteiger partial charge on any atom is -0.390 e. The third kappa shape index (κ3) is 1.69. The fraction of sp³-hybridized carbons (Fsp3) is 0.571. The van der Waals surface area contributed by atoms with Crippen molar-refractivity contribution in [2.45, 2.75) is 50.5 Å². The molecule has 0 aromatic heterocycles. The monoisotopic (exact) mass is 202 g/mol. The predicted molar refractivity (Wildman–Crippen MR) is 61.1 cm³/mol. The third-order valence-electron chi connectivity index (χ3n) is 3.95. The summed E-state index contributed by atoms with van der Waals surface area (Å²) in [6, 6.07) is 6.79. The molecule has 0 radical (unpaired) electrons. The maximum Gasteiger partial charge on any atom is 0.0690 e. The summed E-state index contributed by atoms with van der Waals surface area (Å²) in [7, 11) is 0. The molecule has 2 aliphatic carbocycles. The van der Waals surface area contributed by atoms with Crippen molar-refractivity contribution >= 4 is 0 Å². The second kappa shape index (κ2) is 3.08. The van der Waals surface area contributed by atoms with Gasteiger partial charge < -0.3 is 5.11 Å². The molecule has 1 heteroatoms. The van der Waals surface area contributed by atoms with Crippen LogP contribution in [0, 0.1) is 0 Å². The fourth-order valence-electron chi connectivity index (χ4n) is 2.67. The summed E-state index contributed by atoms with van der Waals surface area (Å²) in [6.45, 7) is 2.31. The normalized spacial score (nSPS) is 26.4. The molecule has 1 nitrogen and oxygen atoms in total. The number of aryl methyl sites for hydroxylation is 1. The van der Waals surface area contributed by atoms with Crippen molar-refractivity contribution in [1.29, 1.82) is 0 Å². The molecule has 1 saturated carbocycles. The molecule has 0 heterocycles. The Kier molecular flexibility index (Phi) is 1.93. The van der Waals surface area contributed by atoms with Gasteiger partial charge in [0.2, 0.25) is 0 Å². The fourth-order valence-corrected chi connectivity index (χ4v) is 2.67. The lowest BCUT2D eigenvalue weighted by atomic mass is 9.97. The van der Waals surface area contributed by atoms with Crippen molar-refractivity contribution < 1.29 is 5.11 Å². The van der Waals surface area contributed by atoms with Crippen LogP contribution in [0.2, 0.25) is 0 Å². The molecule has 0 amide bonds. The van der Waals surface area contributed by atoms with Crippen molar-refractivity contribution in [2.75, 3.05) is 0 Å². The summed E-state index contributed by atoms with van der Waals surface area (Å²) in [5.74, 6) is 0.716. The lowest BCUT2D eigenvalue weighted by Gasteiger charge is -2.11. The Morgan fingerprint density at radius 2 is 2.20 bits per heavy atom. The molecule has 1 fully saturated rings. The summed E-state index contributed by atoms with van der Waals surface area (Å²) >= 11 is 0. The molecular weight excluding hydrogens is 184 g/mol. The van der Waals surface area contributed by atoms with Crippen LogP contribution in [-0.2, 0) is 12.8 Å². The SMILES string of the molecule is CC1CCc2ccc(CC3(O)CC3)cc21. The Balaban J connectivity index is 1.88. The Morgan fingerprint density at radius 1 is 1.40 bits per heavy atom. The Labute approximate surface area is 91.1 Å². The van der Waals surface area contributed by atoms with Crippen LogP contribution in [-0.4, -0.2) is 10.7 Å². The molecule has 80 valence electrons. The van der Waals surface area contributed by atoms with E-state index >= 15 is 0 Å². The lowest BCUT2D eigenvalue weighted by molar-refractivity contribution is 0.151. The zero-order valence-electron chi connectivity index (χ0n) is 9.29. The quantitative estimate of drug-likeness (QED) is 0.782. The molecule has 0 bridgehead atoms. The van der Waals surface area contributed by atoms with Crippen LogP contribution in [0.5, 0.6) is 0 Å². The number of benzene rings is 1. The maximum atomic E-state index is 9.90. The first-order valence-corrected chi connectivity index (χ1v) is 6.00. The van der Waals surface area contributed by atoms with Crippen LogP contribution in [0.25, 0.3) is 0 Å². The molecule has 1 aromatic carbocycles. The first kappa shape index (κ1) is 9.41. The van der Waals surface area contributed by atoms with Gasteiger partial charge in [-0.3, -0.25) is 0 Å². The first-order valence-electron chi connectivity index (χ1n) is 6.00. The van der Waals surface area contributed by atoms with E-state index in [-0.39, 0.29) is 5.60 Å². The van der Waals surface area contributed by atoms with Gasteiger partial charge in [0.25, 0.3) is 0 Å². The number of rotatable bonds is 2. The van der Waals surface area contributed by atoms with E-state index in [0.29, 0.717) is 5.92 Å². The Bertz CT molecular complexity index is 390. The minimum absolute atomic E-state index is 0.351. The predicted octanol–water partition coefficient (Wildman–Crippen LogP) is 2.80. The average molecular weight is 202 g/mol. The smallest absolute Gasteiger partial charge is 0.0690 e. The molecule has 0 aliphatic heterocycles. The van der Waals surface area contributed by atoms with Crippen molar-refractivity contribution in [3.63, 3.8) is 0 Å². The third-order valence-corrected chi connectivity index (χ3v) is 3.95. The molecule has 1 atom stereocenters. The molecule has 0 saturated heterocycles. The minimum atomic E-state index is -0.351. The summed E-state index contributed by atoms with van der Waals surface area (Å²) in [4.78, 5) is 0. The van der Waals surface area contributed by atoms with Gasteiger partial charge in [0.05, 0.1) is 5.60 Å². The van der Waals surface area contributed by atoms with Gasteiger partial charge in [-0.05, 0) is 48.3 Å². The van der Waals surface area contributed by atoms with Gasteiger partial charge in [0.15, 0.2) is 0 Å². The zero-order chi connectivity index (χ0) is 10.5. The highest BCUT2D eigenvalue weighted by molar-refractivity contribution is 5.38. The van der Waals surface area contributed by atoms with Gasteiger partial charge >= 0.3 is 0 Å². The van der Waals surface area contributed by atoms with E-state index in [2.05, 4.69) is 25.1 Å². The number of hydrogen-bond donors (Lipinski definition) is 1. The van der Waals surface area contributed by atoms with Gasteiger partial charge in [-0.25, -0.2) is 0 Å². The standard InChI is InChI=1S/C14H18O/c1-10-2-4-12-5-3-11(8-13(10)12)9-14(15)6-7-14/h3,5,8,10,15H,2,4,6-7,9H2,1H3. The summed E-state index contributed by atoms with van der Waals surface area (Å²) in [5, 5.41) is 9.90. The first-order chi connectivity index (χ1) is 7.16. The van der Waals surface area contributed by atoms with Gasteiger partial charge in [-0.1, -0.05) is 25.1 Å². The van der Waals surface area contributed by atoms with Crippen LogP contribution in [0.15, 0.2) is 18.2 Å². The molecule has 3 rings (SSSR count). The molecule has 2 aliphatic rings. The second-order valence-corrected chi connectivity index (χ2v) is 5.37. The number of hydrogen-bond acceptors (Lipinski definition) is 1. The van der Waals surface area contributed by atoms with Crippen molar-refractivity contribution in [3.8, 4) is 0 Å². The van der Waals surface area contributed by atoms with Crippen LogP contribution in [0.1, 0.15) is 48.8 Å². The topological polar surface area (TPSA) is 20.2 Å². The van der Waals surface area contributed by atoms with Crippen LogP contribution in [0.3, 0.4) is 0 Å². The molecule has 1 unspecified atom stereocenters. The summed E-state index contributed by atoms with van der Waals surface area (Å²) in [5.41, 5.74) is 4.02. The highest BCUT2D eigenvalue weighted by Gasteiger charge is 2.40. The highest BCUT2D eigenvalue weighted by Crippen LogP contribution is 2.40. The zero-order valence-corrected chi connectivity index (χ0v) is 9.29. The summed E-state index contributed by atoms with van der Waals surface area (Å²) < 4.78 is 0.